The third-order valence-corrected chi connectivity index (χ3v) is 5.78. The number of rotatable bonds is 0. The van der Waals surface area contributed by atoms with E-state index in [1.807, 2.05) is 38.6 Å². The molecule has 0 bridgehead atoms. The molecule has 0 aliphatic rings. The van der Waals surface area contributed by atoms with E-state index in [0.717, 1.165) is 0 Å². The Bertz CT molecular complexity index is 1040. The molecule has 406 valence electrons. The number of ether oxygens (including phenoxy) is 4. The molecule has 6 N–H and O–H groups in total. The van der Waals surface area contributed by atoms with E-state index in [1.165, 1.54) is 113 Å². The van der Waals surface area contributed by atoms with Crippen LogP contribution in [0.1, 0.15) is 27.7 Å². The van der Waals surface area contributed by atoms with Crippen molar-refractivity contribution in [3.8, 4) is 0 Å². The van der Waals surface area contributed by atoms with Crippen LogP contribution in [0.15, 0.2) is 0 Å². The molecule has 0 rings (SSSR count). The van der Waals surface area contributed by atoms with Gasteiger partial charge in [-0.15, -0.1) is 0 Å². The Labute approximate surface area is 416 Å². The van der Waals surface area contributed by atoms with Crippen molar-refractivity contribution >= 4 is 93.8 Å². The van der Waals surface area contributed by atoms with Gasteiger partial charge in [0.2, 0.25) is 11.8 Å². The number of alkyl carbamates (subject to hydrolysis) is 2. The summed E-state index contributed by atoms with van der Waals surface area (Å²) in [5, 5.41) is 14.3. The smallest absolute Gasteiger partial charge is 0.406 e. The standard InChI is InChI=1S/2C4H10N2O.2C4H9NO.2C3H7NO2.2C3H7NOS.C3H9N.2C3H6O2.C2H6S/c2*1-5-4(7)6(2)3;2*1-4(6)5(2)3;4*1-4-3(5)6-2;1-4(2)3;2*1-3(4)5-2;1-3-2/h2*1-3H3,(H,5,7);2*1-3H3;4*1-2H3,(H,4,5);1-3H3;2*1-2H3;1-2H3. The molecule has 0 unspecified atom stereocenters. The highest BCUT2D eigenvalue weighted by molar-refractivity contribution is 8.13. The maximum absolute atomic E-state index is 10.3. The lowest BCUT2D eigenvalue weighted by Gasteiger charge is -2.06. The first-order valence-electron chi connectivity index (χ1n) is 18.8. The lowest BCUT2D eigenvalue weighted by atomic mass is 10.7. The van der Waals surface area contributed by atoms with Crippen LogP contribution in [-0.2, 0) is 38.1 Å². The zero-order valence-electron chi connectivity index (χ0n) is 46.2. The molecule has 0 aromatic carbocycles. The number of nitrogens with zero attached hydrogens (tertiary/aromatic N) is 5. The molecule has 0 radical (unpaired) electrons. The molecule has 0 aliphatic carbocycles. The molecule has 0 spiro atoms. The summed E-state index contributed by atoms with van der Waals surface area (Å²) in [5.74, 6) is -0.306. The minimum absolute atomic E-state index is 0.00926. The van der Waals surface area contributed by atoms with Crippen LogP contribution in [0.2, 0.25) is 0 Å². The van der Waals surface area contributed by atoms with E-state index in [1.54, 1.807) is 109 Å². The van der Waals surface area contributed by atoms with E-state index in [9.17, 15) is 47.9 Å². The zero-order chi connectivity index (χ0) is 56.9. The topological polar surface area (TPSA) is 296 Å². The van der Waals surface area contributed by atoms with Crippen LogP contribution in [0.25, 0.3) is 0 Å². The van der Waals surface area contributed by atoms with Gasteiger partial charge in [0.05, 0.1) is 28.4 Å². The quantitative estimate of drug-likeness (QED) is 0.150. The average Bonchev–Trinajstić information content (AvgIpc) is 3.28. The molecule has 0 heterocycles. The van der Waals surface area contributed by atoms with E-state index >= 15 is 0 Å². The summed E-state index contributed by atoms with van der Waals surface area (Å²) in [6.45, 7) is 5.78. The fourth-order valence-electron chi connectivity index (χ4n) is 0.855. The molecular weight excluding hydrogens is 943 g/mol. The van der Waals surface area contributed by atoms with E-state index in [4.69, 9.17) is 0 Å². The molecular formula is C39H93N11O14S3. The van der Waals surface area contributed by atoms with Gasteiger partial charge in [-0.05, 0) is 46.2 Å². The molecule has 10 amide bonds. The number of hydrogen-bond acceptors (Lipinski definition) is 18. The predicted octanol–water partition coefficient (Wildman–Crippen LogP) is 2.80. The van der Waals surface area contributed by atoms with Gasteiger partial charge in [0.1, 0.15) is 0 Å². The summed E-state index contributed by atoms with van der Waals surface area (Å²) in [7, 11) is 34.4. The van der Waals surface area contributed by atoms with Gasteiger partial charge in [-0.3, -0.25) is 28.8 Å². The molecule has 0 saturated carbocycles. The Balaban J connectivity index is -0.0000000495. The van der Waals surface area contributed by atoms with Gasteiger partial charge in [-0.25, -0.2) is 19.2 Å². The van der Waals surface area contributed by atoms with Gasteiger partial charge in [-0.1, -0.05) is 23.5 Å². The zero-order valence-corrected chi connectivity index (χ0v) is 48.6. The minimum atomic E-state index is -0.407. The SMILES string of the molecule is CC(=O)N(C)C.CC(=O)N(C)C.CN(C)C.CNC(=O)N(C)C.CNC(=O)N(C)C.CNC(=O)OC.CNC(=O)OC.CNC(=O)SC.CNC(=O)SC.COC(C)=O.COC(C)=O.CSC. The number of carbonyl (C=O) groups excluding carboxylic acids is 10. The predicted molar refractivity (Wildman–Crippen MR) is 278 cm³/mol. The van der Waals surface area contributed by atoms with Gasteiger partial charge in [-0.2, -0.15) is 11.8 Å². The number of esters is 2. The largest absolute Gasteiger partial charge is 0.469 e. The second kappa shape index (κ2) is 78.1. The van der Waals surface area contributed by atoms with Gasteiger partial charge >= 0.3 is 36.2 Å². The van der Waals surface area contributed by atoms with Crippen molar-refractivity contribution in [1.29, 1.82) is 0 Å². The van der Waals surface area contributed by atoms with E-state index in [-0.39, 0.29) is 46.3 Å². The Morgan fingerprint density at radius 3 is 0.522 bits per heavy atom. The molecule has 0 aliphatic heterocycles. The summed E-state index contributed by atoms with van der Waals surface area (Å²) in [6, 6.07) is -0.139. The Kier molecular flexibility index (Phi) is 107. The molecule has 0 aromatic heterocycles. The van der Waals surface area contributed by atoms with E-state index in [0.29, 0.717) is 0 Å². The van der Waals surface area contributed by atoms with Crippen molar-refractivity contribution in [2.24, 2.45) is 0 Å². The van der Waals surface area contributed by atoms with Crippen molar-refractivity contribution in [1.82, 2.24) is 56.4 Å². The first-order chi connectivity index (χ1) is 30.6. The number of nitrogens with one attached hydrogen (secondary N) is 6. The van der Waals surface area contributed by atoms with Gasteiger partial charge < -0.3 is 75.3 Å². The highest BCUT2D eigenvalue weighted by Gasteiger charge is 1.95. The van der Waals surface area contributed by atoms with Crippen molar-refractivity contribution in [3.63, 3.8) is 0 Å². The third-order valence-electron chi connectivity index (χ3n) is 4.63. The summed E-state index contributed by atoms with van der Waals surface area (Å²) in [6.07, 6.45) is 6.74. The minimum Gasteiger partial charge on any atom is -0.469 e. The number of amides is 10. The maximum Gasteiger partial charge on any atom is 0.406 e. The van der Waals surface area contributed by atoms with Crippen LogP contribution in [0.4, 0.5) is 28.8 Å². The number of hydrogen-bond donors (Lipinski definition) is 6. The van der Waals surface area contributed by atoms with Crippen LogP contribution in [0.5, 0.6) is 0 Å². The van der Waals surface area contributed by atoms with Crippen LogP contribution in [0.3, 0.4) is 0 Å². The number of carbonyl (C=O) groups is 10. The molecule has 0 fully saturated rings. The highest BCUT2D eigenvalue weighted by atomic mass is 32.2. The fraction of sp³-hybridized carbons (Fsp3) is 0.744. The van der Waals surface area contributed by atoms with Gasteiger partial charge in [0, 0.05) is 126 Å². The van der Waals surface area contributed by atoms with E-state index in [2.05, 4.69) is 50.8 Å². The Morgan fingerprint density at radius 2 is 0.522 bits per heavy atom. The van der Waals surface area contributed by atoms with Crippen molar-refractivity contribution in [2.75, 3.05) is 173 Å². The number of methoxy groups -OCH3 is 4. The Hall–Kier alpha value is -5.09. The lowest BCUT2D eigenvalue weighted by Crippen LogP contribution is -2.31. The summed E-state index contributed by atoms with van der Waals surface area (Å²) in [5.41, 5.74) is 0. The molecule has 0 saturated heterocycles. The second-order valence-electron chi connectivity index (χ2n) is 11.8. The molecule has 28 heteroatoms. The summed E-state index contributed by atoms with van der Waals surface area (Å²) < 4.78 is 16.5. The molecule has 0 aromatic rings. The lowest BCUT2D eigenvalue weighted by molar-refractivity contribution is -0.138. The summed E-state index contributed by atoms with van der Waals surface area (Å²) >= 11 is 4.10. The van der Waals surface area contributed by atoms with Crippen molar-refractivity contribution in [3.05, 3.63) is 0 Å². The number of urea groups is 2. The van der Waals surface area contributed by atoms with Gasteiger partial charge in [0.25, 0.3) is 10.5 Å². The second-order valence-corrected chi connectivity index (χ2v) is 14.2. The fourth-order valence-corrected chi connectivity index (χ4v) is 1.26. The molecule has 67 heavy (non-hydrogen) atoms. The monoisotopic (exact) mass is 1040 g/mol. The normalized spacial score (nSPS) is 7.49. The number of thioether (sulfide) groups is 3. The third kappa shape index (κ3) is 173. The first-order valence-corrected chi connectivity index (χ1v) is 22.9. The summed E-state index contributed by atoms with van der Waals surface area (Å²) in [4.78, 5) is 108. The van der Waals surface area contributed by atoms with E-state index < -0.39 is 12.2 Å². The van der Waals surface area contributed by atoms with Crippen molar-refractivity contribution < 1.29 is 66.9 Å². The van der Waals surface area contributed by atoms with Crippen LogP contribution in [0, 0.1) is 0 Å². The molecule has 25 nitrogen and oxygen atoms in total. The van der Waals surface area contributed by atoms with Crippen LogP contribution in [-0.4, -0.2) is 256 Å². The maximum atomic E-state index is 10.3. The molecule has 0 atom stereocenters. The van der Waals surface area contributed by atoms with Crippen LogP contribution < -0.4 is 31.9 Å². The Morgan fingerprint density at radius 1 is 0.358 bits per heavy atom. The van der Waals surface area contributed by atoms with Gasteiger partial charge in [0.15, 0.2) is 0 Å². The highest BCUT2D eigenvalue weighted by Crippen LogP contribution is 1.89. The van der Waals surface area contributed by atoms with Crippen molar-refractivity contribution in [2.45, 2.75) is 27.7 Å². The van der Waals surface area contributed by atoms with Crippen LogP contribution >= 0.6 is 35.3 Å². The average molecular weight is 1040 g/mol. The first kappa shape index (κ1) is 92.2.